The van der Waals surface area contributed by atoms with E-state index in [4.69, 9.17) is 11.6 Å². The molecule has 1 aliphatic rings. The lowest BCUT2D eigenvalue weighted by Crippen LogP contribution is -2.43. The lowest BCUT2D eigenvalue weighted by molar-refractivity contribution is -0.129. The van der Waals surface area contributed by atoms with Crippen molar-refractivity contribution in [3.8, 4) is 0 Å². The van der Waals surface area contributed by atoms with E-state index in [0.29, 0.717) is 12.0 Å². The number of anilines is 1. The van der Waals surface area contributed by atoms with Crippen molar-refractivity contribution >= 4 is 23.5 Å². The molecule has 0 spiro atoms. The van der Waals surface area contributed by atoms with Crippen molar-refractivity contribution in [2.75, 3.05) is 24.3 Å². The first-order valence-corrected chi connectivity index (χ1v) is 7.04. The summed E-state index contributed by atoms with van der Waals surface area (Å²) in [6.45, 7) is 5.41. The summed E-state index contributed by atoms with van der Waals surface area (Å²) >= 11 is 5.56. The average Bonchev–Trinajstić information content (AvgIpc) is 2.37. The number of amides is 1. The van der Waals surface area contributed by atoms with E-state index in [1.165, 1.54) is 0 Å². The molecule has 1 aliphatic heterocycles. The van der Waals surface area contributed by atoms with E-state index in [-0.39, 0.29) is 11.8 Å². The first kappa shape index (κ1) is 14.1. The molecule has 1 amide bonds. The maximum Gasteiger partial charge on any atom is 0.237 e. The zero-order chi connectivity index (χ0) is 13.8. The smallest absolute Gasteiger partial charge is 0.237 e. The summed E-state index contributed by atoms with van der Waals surface area (Å²) in [7, 11) is 0. The van der Waals surface area contributed by atoms with E-state index in [0.717, 1.165) is 37.3 Å². The van der Waals surface area contributed by atoms with Crippen LogP contribution in [-0.4, -0.2) is 45.8 Å². The van der Waals surface area contributed by atoms with Crippen molar-refractivity contribution in [3.05, 3.63) is 17.5 Å². The number of likely N-dealkylation sites (tertiary alicyclic amines) is 1. The van der Waals surface area contributed by atoms with E-state index < -0.39 is 0 Å². The SMILES string of the molecule is Cc1cc(C)nc(NC2CCN(C(=O)CCl)CC2)n1. The van der Waals surface area contributed by atoms with Crippen molar-refractivity contribution in [2.45, 2.75) is 32.7 Å². The maximum atomic E-state index is 11.5. The highest BCUT2D eigenvalue weighted by atomic mass is 35.5. The fourth-order valence-electron chi connectivity index (χ4n) is 2.33. The minimum atomic E-state index is 0.0165. The van der Waals surface area contributed by atoms with Crippen LogP contribution in [0.4, 0.5) is 5.95 Å². The predicted octanol–water partition coefficient (Wildman–Crippen LogP) is 1.74. The summed E-state index contributed by atoms with van der Waals surface area (Å²) in [5.74, 6) is 0.764. The molecular formula is C13H19ClN4O. The summed E-state index contributed by atoms with van der Waals surface area (Å²) in [5.41, 5.74) is 1.93. The van der Waals surface area contributed by atoms with Crippen LogP contribution in [0.5, 0.6) is 0 Å². The minimum absolute atomic E-state index is 0.0165. The number of hydrogen-bond acceptors (Lipinski definition) is 4. The molecule has 0 aliphatic carbocycles. The number of rotatable bonds is 3. The fourth-order valence-corrected chi connectivity index (χ4v) is 2.50. The highest BCUT2D eigenvalue weighted by Gasteiger charge is 2.22. The maximum absolute atomic E-state index is 11.5. The van der Waals surface area contributed by atoms with E-state index in [2.05, 4.69) is 15.3 Å². The van der Waals surface area contributed by atoms with Crippen molar-refractivity contribution in [1.82, 2.24) is 14.9 Å². The topological polar surface area (TPSA) is 58.1 Å². The van der Waals surface area contributed by atoms with Gasteiger partial charge in [-0.2, -0.15) is 0 Å². The van der Waals surface area contributed by atoms with Crippen LogP contribution in [0.15, 0.2) is 6.07 Å². The van der Waals surface area contributed by atoms with Crippen LogP contribution in [0.1, 0.15) is 24.2 Å². The van der Waals surface area contributed by atoms with Crippen LogP contribution < -0.4 is 5.32 Å². The quantitative estimate of drug-likeness (QED) is 0.858. The Bertz CT molecular complexity index is 438. The van der Waals surface area contributed by atoms with Crippen LogP contribution in [0.3, 0.4) is 0 Å². The van der Waals surface area contributed by atoms with Gasteiger partial charge in [0.15, 0.2) is 0 Å². The Balaban J connectivity index is 1.90. The number of alkyl halides is 1. The first-order chi connectivity index (χ1) is 9.08. The van der Waals surface area contributed by atoms with Crippen LogP contribution in [-0.2, 0) is 4.79 Å². The van der Waals surface area contributed by atoms with Crippen LogP contribution >= 0.6 is 11.6 Å². The number of piperidine rings is 1. The molecule has 0 atom stereocenters. The first-order valence-electron chi connectivity index (χ1n) is 6.51. The van der Waals surface area contributed by atoms with Crippen molar-refractivity contribution in [1.29, 1.82) is 0 Å². The van der Waals surface area contributed by atoms with Crippen molar-refractivity contribution in [3.63, 3.8) is 0 Å². The highest BCUT2D eigenvalue weighted by molar-refractivity contribution is 6.27. The molecule has 0 aromatic carbocycles. The number of aromatic nitrogens is 2. The Labute approximate surface area is 118 Å². The molecule has 2 heterocycles. The zero-order valence-electron chi connectivity index (χ0n) is 11.3. The van der Waals surface area contributed by atoms with Gasteiger partial charge in [0.05, 0.1) is 0 Å². The molecule has 104 valence electrons. The Hall–Kier alpha value is -1.36. The Morgan fingerprint density at radius 1 is 1.37 bits per heavy atom. The van der Waals surface area contributed by atoms with Gasteiger partial charge in [0, 0.05) is 30.5 Å². The Kier molecular flexibility index (Phi) is 4.58. The zero-order valence-corrected chi connectivity index (χ0v) is 12.1. The molecule has 2 rings (SSSR count). The van der Waals surface area contributed by atoms with Crippen LogP contribution in [0.25, 0.3) is 0 Å². The highest BCUT2D eigenvalue weighted by Crippen LogP contribution is 2.15. The summed E-state index contributed by atoms with van der Waals surface area (Å²) in [5, 5.41) is 3.35. The Morgan fingerprint density at radius 3 is 2.47 bits per heavy atom. The van der Waals surface area contributed by atoms with Gasteiger partial charge in [-0.15, -0.1) is 11.6 Å². The summed E-state index contributed by atoms with van der Waals surface area (Å²) in [6, 6.07) is 2.27. The van der Waals surface area contributed by atoms with Crippen LogP contribution in [0.2, 0.25) is 0 Å². The fraction of sp³-hybridized carbons (Fsp3) is 0.615. The van der Waals surface area contributed by atoms with Crippen LogP contribution in [0, 0.1) is 13.8 Å². The van der Waals surface area contributed by atoms with Gasteiger partial charge >= 0.3 is 0 Å². The van der Waals surface area contributed by atoms with E-state index in [9.17, 15) is 4.79 Å². The molecule has 1 aromatic rings. The Morgan fingerprint density at radius 2 is 1.95 bits per heavy atom. The van der Waals surface area contributed by atoms with Gasteiger partial charge in [0.25, 0.3) is 0 Å². The second kappa shape index (κ2) is 6.19. The largest absolute Gasteiger partial charge is 0.351 e. The molecule has 5 nitrogen and oxygen atoms in total. The lowest BCUT2D eigenvalue weighted by Gasteiger charge is -2.32. The van der Waals surface area contributed by atoms with Gasteiger partial charge in [-0.1, -0.05) is 0 Å². The molecule has 1 saturated heterocycles. The van der Waals surface area contributed by atoms with Crippen molar-refractivity contribution in [2.24, 2.45) is 0 Å². The molecule has 19 heavy (non-hydrogen) atoms. The third-order valence-corrected chi connectivity index (χ3v) is 3.51. The lowest BCUT2D eigenvalue weighted by atomic mass is 10.1. The second-order valence-corrected chi connectivity index (χ2v) is 5.17. The molecule has 1 aromatic heterocycles. The van der Waals surface area contributed by atoms with E-state index >= 15 is 0 Å². The molecule has 0 radical (unpaired) electrons. The van der Waals surface area contributed by atoms with Gasteiger partial charge in [-0.3, -0.25) is 4.79 Å². The minimum Gasteiger partial charge on any atom is -0.351 e. The van der Waals surface area contributed by atoms with Gasteiger partial charge in [0.1, 0.15) is 5.88 Å². The van der Waals surface area contributed by atoms with Gasteiger partial charge in [-0.25, -0.2) is 9.97 Å². The number of halogens is 1. The third-order valence-electron chi connectivity index (χ3n) is 3.28. The van der Waals surface area contributed by atoms with Crippen molar-refractivity contribution < 1.29 is 4.79 Å². The summed E-state index contributed by atoms with van der Waals surface area (Å²) < 4.78 is 0. The van der Waals surface area contributed by atoms with Gasteiger partial charge in [0.2, 0.25) is 11.9 Å². The molecule has 6 heteroatoms. The van der Waals surface area contributed by atoms with Gasteiger partial charge in [-0.05, 0) is 32.8 Å². The molecule has 0 saturated carbocycles. The monoisotopic (exact) mass is 282 g/mol. The van der Waals surface area contributed by atoms with E-state index in [1.807, 2.05) is 24.8 Å². The summed E-state index contributed by atoms with van der Waals surface area (Å²) in [6.07, 6.45) is 1.80. The number of nitrogens with one attached hydrogen (secondary N) is 1. The average molecular weight is 283 g/mol. The third kappa shape index (κ3) is 3.80. The molecular weight excluding hydrogens is 264 g/mol. The summed E-state index contributed by atoms with van der Waals surface area (Å²) in [4.78, 5) is 22.0. The van der Waals surface area contributed by atoms with Gasteiger partial charge < -0.3 is 10.2 Å². The molecule has 0 unspecified atom stereocenters. The molecule has 1 fully saturated rings. The number of nitrogens with zero attached hydrogens (tertiary/aromatic N) is 3. The second-order valence-electron chi connectivity index (χ2n) is 4.91. The number of aryl methyl sites for hydroxylation is 2. The number of carbonyl (C=O) groups excluding carboxylic acids is 1. The standard InChI is InChI=1S/C13H19ClN4O/c1-9-7-10(2)16-13(15-9)17-11-3-5-18(6-4-11)12(19)8-14/h7,11H,3-6,8H2,1-2H3,(H,15,16,17). The molecule has 1 N–H and O–H groups in total. The number of hydrogen-bond donors (Lipinski definition) is 1. The predicted molar refractivity (Wildman–Crippen MR) is 75.5 cm³/mol. The normalized spacial score (nSPS) is 16.5. The van der Waals surface area contributed by atoms with E-state index in [1.54, 1.807) is 0 Å². The molecule has 0 bridgehead atoms. The number of carbonyl (C=O) groups is 1.